The predicted molar refractivity (Wildman–Crippen MR) is 86.0 cm³/mol. The zero-order valence-electron chi connectivity index (χ0n) is 13.7. The van der Waals surface area contributed by atoms with Crippen LogP contribution in [0.3, 0.4) is 0 Å². The first-order valence-electron chi connectivity index (χ1n) is 7.87. The first kappa shape index (κ1) is 18.7. The molecule has 2 heterocycles. The summed E-state index contributed by atoms with van der Waals surface area (Å²) in [7, 11) is 0. The van der Waals surface area contributed by atoms with Gasteiger partial charge in [-0.2, -0.15) is 13.2 Å². The Morgan fingerprint density at radius 2 is 2.07 bits per heavy atom. The molecule has 11 heteroatoms. The molecule has 1 unspecified atom stereocenters. The second-order valence-electron chi connectivity index (χ2n) is 6.43. The van der Waals surface area contributed by atoms with Crippen LogP contribution in [0.2, 0.25) is 0 Å². The summed E-state index contributed by atoms with van der Waals surface area (Å²) in [6.45, 7) is -1.28. The van der Waals surface area contributed by atoms with Crippen molar-refractivity contribution < 1.29 is 32.8 Å². The van der Waals surface area contributed by atoms with E-state index in [2.05, 4.69) is 4.98 Å². The Labute approximate surface area is 149 Å². The number of carboxylic acids is 1. The Hall–Kier alpha value is -3.11. The zero-order chi connectivity index (χ0) is 20.0. The fourth-order valence-electron chi connectivity index (χ4n) is 3.25. The Morgan fingerprint density at radius 3 is 2.63 bits per heavy atom. The van der Waals surface area contributed by atoms with Crippen LogP contribution in [0.1, 0.15) is 12.0 Å². The summed E-state index contributed by atoms with van der Waals surface area (Å²) in [5.41, 5.74) is -2.22. The molecule has 0 aliphatic carbocycles. The minimum Gasteiger partial charge on any atom is -0.481 e. The monoisotopic (exact) mass is 385 g/mol. The number of nitro groups is 1. The van der Waals surface area contributed by atoms with Gasteiger partial charge in [0.2, 0.25) is 5.91 Å². The average molecular weight is 385 g/mol. The lowest BCUT2D eigenvalue weighted by molar-refractivity contribution is -0.384. The van der Waals surface area contributed by atoms with E-state index in [0.717, 1.165) is 4.90 Å². The van der Waals surface area contributed by atoms with Gasteiger partial charge in [0.1, 0.15) is 0 Å². The second-order valence-corrected chi connectivity index (χ2v) is 6.43. The maximum absolute atomic E-state index is 13.2. The molecule has 0 radical (unpaired) electrons. The highest BCUT2D eigenvalue weighted by atomic mass is 19.4. The van der Waals surface area contributed by atoms with Crippen molar-refractivity contribution in [2.75, 3.05) is 13.1 Å². The van der Waals surface area contributed by atoms with Crippen LogP contribution in [-0.4, -0.2) is 51.1 Å². The predicted octanol–water partition coefficient (Wildman–Crippen LogP) is 2.48. The highest BCUT2D eigenvalue weighted by Crippen LogP contribution is 2.45. The SMILES string of the molecule is O=C(Cc1c[nH]c2ccc([N+](=O)[O-])cc12)N1CCC(C(=O)O)(C(F)(F)F)C1. The van der Waals surface area contributed by atoms with Crippen LogP contribution in [0.15, 0.2) is 24.4 Å². The number of nitrogens with zero attached hydrogens (tertiary/aromatic N) is 2. The number of nitro benzene ring substituents is 1. The number of rotatable bonds is 4. The Morgan fingerprint density at radius 1 is 1.37 bits per heavy atom. The molecule has 1 aromatic carbocycles. The average Bonchev–Trinajstić information content (AvgIpc) is 3.19. The molecule has 1 aromatic heterocycles. The summed E-state index contributed by atoms with van der Waals surface area (Å²) in [6, 6.07) is 4.03. The number of carboxylic acid groups (broad SMARTS) is 1. The Balaban J connectivity index is 1.82. The third-order valence-electron chi connectivity index (χ3n) is 4.88. The minimum atomic E-state index is -4.98. The molecule has 0 spiro atoms. The maximum atomic E-state index is 13.2. The van der Waals surface area contributed by atoms with Crippen molar-refractivity contribution in [3.8, 4) is 0 Å². The van der Waals surface area contributed by atoms with Crippen molar-refractivity contribution in [1.82, 2.24) is 9.88 Å². The van der Waals surface area contributed by atoms with Crippen molar-refractivity contribution in [2.24, 2.45) is 5.41 Å². The van der Waals surface area contributed by atoms with E-state index in [0.29, 0.717) is 16.5 Å². The minimum absolute atomic E-state index is 0.182. The van der Waals surface area contributed by atoms with E-state index >= 15 is 0 Å². The van der Waals surface area contributed by atoms with Gasteiger partial charge >= 0.3 is 12.1 Å². The summed E-state index contributed by atoms with van der Waals surface area (Å²) >= 11 is 0. The highest BCUT2D eigenvalue weighted by Gasteiger charge is 2.64. The van der Waals surface area contributed by atoms with Gasteiger partial charge in [-0.05, 0) is 18.1 Å². The number of fused-ring (bicyclic) bond motifs is 1. The number of aromatic amines is 1. The van der Waals surface area contributed by atoms with Crippen LogP contribution in [-0.2, 0) is 16.0 Å². The van der Waals surface area contributed by atoms with E-state index in [1.165, 1.54) is 24.4 Å². The smallest absolute Gasteiger partial charge is 0.406 e. The van der Waals surface area contributed by atoms with Gasteiger partial charge in [-0.1, -0.05) is 0 Å². The van der Waals surface area contributed by atoms with Gasteiger partial charge < -0.3 is 15.0 Å². The molecule has 144 valence electrons. The van der Waals surface area contributed by atoms with E-state index in [9.17, 15) is 32.9 Å². The van der Waals surface area contributed by atoms with Crippen LogP contribution in [0, 0.1) is 15.5 Å². The van der Waals surface area contributed by atoms with Gasteiger partial charge in [0.15, 0.2) is 5.41 Å². The van der Waals surface area contributed by atoms with E-state index in [4.69, 9.17) is 5.11 Å². The number of benzene rings is 1. The molecule has 8 nitrogen and oxygen atoms in total. The quantitative estimate of drug-likeness (QED) is 0.620. The van der Waals surface area contributed by atoms with Crippen molar-refractivity contribution in [1.29, 1.82) is 0 Å². The number of amides is 1. The fraction of sp³-hybridized carbons (Fsp3) is 0.375. The summed E-state index contributed by atoms with van der Waals surface area (Å²) < 4.78 is 39.7. The number of hydrogen-bond donors (Lipinski definition) is 2. The van der Waals surface area contributed by atoms with Crippen molar-refractivity contribution >= 4 is 28.5 Å². The first-order valence-corrected chi connectivity index (χ1v) is 7.87. The molecule has 1 aliphatic heterocycles. The lowest BCUT2D eigenvalue weighted by Crippen LogP contribution is -2.47. The standard InChI is InChI=1S/C16H14F3N3O5/c17-16(18,19)15(14(24)25)3-4-21(8-15)13(23)5-9-7-20-12-2-1-10(22(26)27)6-11(9)12/h1-2,6-7,20H,3-5,8H2,(H,24,25). The number of likely N-dealkylation sites (tertiary alicyclic amines) is 1. The van der Waals surface area contributed by atoms with Crippen LogP contribution in [0.25, 0.3) is 10.9 Å². The third kappa shape index (κ3) is 3.09. The second kappa shape index (κ2) is 6.25. The number of carbonyl (C=O) groups excluding carboxylic acids is 1. The summed E-state index contributed by atoms with van der Waals surface area (Å²) in [5, 5.41) is 20.4. The van der Waals surface area contributed by atoms with Gasteiger partial charge in [0.05, 0.1) is 11.3 Å². The Kier molecular flexibility index (Phi) is 4.32. The van der Waals surface area contributed by atoms with Crippen LogP contribution < -0.4 is 0 Å². The van der Waals surface area contributed by atoms with Crippen molar-refractivity contribution in [3.63, 3.8) is 0 Å². The number of hydrogen-bond acceptors (Lipinski definition) is 4. The molecule has 0 saturated carbocycles. The van der Waals surface area contributed by atoms with E-state index in [1.54, 1.807) is 0 Å². The molecule has 0 bridgehead atoms. The van der Waals surface area contributed by atoms with Gasteiger partial charge in [0, 0.05) is 42.3 Å². The van der Waals surface area contributed by atoms with Crippen molar-refractivity contribution in [3.05, 3.63) is 40.1 Å². The maximum Gasteiger partial charge on any atom is 0.406 e. The number of aromatic nitrogens is 1. The molecule has 1 amide bonds. The van der Waals surface area contributed by atoms with Crippen molar-refractivity contribution in [2.45, 2.75) is 19.0 Å². The number of H-pyrrole nitrogens is 1. The molecule has 1 fully saturated rings. The van der Waals surface area contributed by atoms with Gasteiger partial charge in [-0.3, -0.25) is 19.7 Å². The molecule has 3 rings (SSSR count). The summed E-state index contributed by atoms with van der Waals surface area (Å²) in [5.74, 6) is -2.68. The van der Waals surface area contributed by atoms with Gasteiger partial charge in [-0.15, -0.1) is 0 Å². The van der Waals surface area contributed by atoms with Gasteiger partial charge in [0.25, 0.3) is 5.69 Å². The molecular weight excluding hydrogens is 371 g/mol. The first-order chi connectivity index (χ1) is 12.5. The normalized spacial score (nSPS) is 20.2. The lowest BCUT2D eigenvalue weighted by Gasteiger charge is -2.27. The van der Waals surface area contributed by atoms with E-state index in [-0.39, 0.29) is 18.7 Å². The zero-order valence-corrected chi connectivity index (χ0v) is 13.7. The summed E-state index contributed by atoms with van der Waals surface area (Å²) in [6.07, 6.45) is -4.53. The molecule has 2 aromatic rings. The largest absolute Gasteiger partial charge is 0.481 e. The topological polar surface area (TPSA) is 117 Å². The number of aliphatic carboxylic acids is 1. The van der Waals surface area contributed by atoms with Crippen LogP contribution >= 0.6 is 0 Å². The van der Waals surface area contributed by atoms with Crippen LogP contribution in [0.4, 0.5) is 18.9 Å². The molecule has 1 atom stereocenters. The Bertz CT molecular complexity index is 939. The molecule has 2 N–H and O–H groups in total. The molecule has 1 saturated heterocycles. The lowest BCUT2D eigenvalue weighted by atomic mass is 9.86. The third-order valence-corrected chi connectivity index (χ3v) is 4.88. The van der Waals surface area contributed by atoms with Crippen LogP contribution in [0.5, 0.6) is 0 Å². The van der Waals surface area contributed by atoms with Gasteiger partial charge in [-0.25, -0.2) is 0 Å². The highest BCUT2D eigenvalue weighted by molar-refractivity contribution is 5.90. The number of carbonyl (C=O) groups is 2. The fourth-order valence-corrected chi connectivity index (χ4v) is 3.25. The number of alkyl halides is 3. The molecule has 1 aliphatic rings. The van der Waals surface area contributed by atoms with E-state index in [1.807, 2.05) is 0 Å². The number of nitrogens with one attached hydrogen (secondary N) is 1. The number of non-ortho nitro benzene ring substituents is 1. The van der Waals surface area contributed by atoms with E-state index < -0.39 is 41.4 Å². The number of halogens is 3. The summed E-state index contributed by atoms with van der Waals surface area (Å²) in [4.78, 5) is 37.7. The molecular formula is C16H14F3N3O5. The molecule has 27 heavy (non-hydrogen) atoms.